The van der Waals surface area contributed by atoms with E-state index in [0.29, 0.717) is 42.1 Å². The van der Waals surface area contributed by atoms with Crippen molar-refractivity contribution in [2.75, 3.05) is 6.61 Å². The fourth-order valence-corrected chi connectivity index (χ4v) is 6.27. The molecule has 0 unspecified atom stereocenters. The molecule has 6 rings (SSSR count). The van der Waals surface area contributed by atoms with Gasteiger partial charge in [-0.3, -0.25) is 9.59 Å². The third-order valence-electron chi connectivity index (χ3n) is 8.27. The van der Waals surface area contributed by atoms with Gasteiger partial charge in [-0.05, 0) is 83.8 Å². The quantitative estimate of drug-likeness (QED) is 0.261. The number of rotatable bonds is 7. The summed E-state index contributed by atoms with van der Waals surface area (Å²) in [5.41, 5.74) is 14.2. The van der Waals surface area contributed by atoms with Crippen LogP contribution in [0, 0.1) is 19.7 Å². The van der Waals surface area contributed by atoms with Crippen molar-refractivity contribution in [1.29, 1.82) is 0 Å². The van der Waals surface area contributed by atoms with Gasteiger partial charge < -0.3 is 20.3 Å². The number of nitrogens with two attached hydrogens (primary N) is 1. The van der Waals surface area contributed by atoms with E-state index in [4.69, 9.17) is 20.3 Å². The lowest BCUT2D eigenvalue weighted by Crippen LogP contribution is -2.12. The van der Waals surface area contributed by atoms with Crippen LogP contribution in [0.25, 0.3) is 22.3 Å². The van der Waals surface area contributed by atoms with Crippen LogP contribution in [0.5, 0.6) is 11.5 Å². The molecule has 0 radical (unpaired) electrons. The molecular formula is C34H30FNO5. The average Bonchev–Trinajstić information content (AvgIpc) is 3.53. The average molecular weight is 552 g/mol. The molecule has 0 saturated carbocycles. The Kier molecular flexibility index (Phi) is 6.73. The number of amides is 1. The maximum Gasteiger partial charge on any atom is 0.304 e. The molecule has 4 aromatic carbocycles. The number of fused-ring (bicyclic) bond motifs is 2. The van der Waals surface area contributed by atoms with Gasteiger partial charge in [-0.25, -0.2) is 4.39 Å². The highest BCUT2D eigenvalue weighted by Crippen LogP contribution is 2.44. The Labute approximate surface area is 237 Å². The van der Waals surface area contributed by atoms with Crippen LogP contribution in [-0.4, -0.2) is 23.6 Å². The number of benzene rings is 4. The van der Waals surface area contributed by atoms with E-state index < -0.39 is 18.0 Å². The van der Waals surface area contributed by atoms with Gasteiger partial charge in [0.2, 0.25) is 5.91 Å². The van der Waals surface area contributed by atoms with Crippen LogP contribution in [0.15, 0.2) is 66.7 Å². The van der Waals surface area contributed by atoms with E-state index in [1.807, 2.05) is 50.2 Å². The van der Waals surface area contributed by atoms with Gasteiger partial charge in [0, 0.05) is 28.7 Å². The molecule has 41 heavy (non-hydrogen) atoms. The number of ether oxygens (including phenoxy) is 2. The molecule has 1 heterocycles. The van der Waals surface area contributed by atoms with Gasteiger partial charge in [-0.1, -0.05) is 42.5 Å². The van der Waals surface area contributed by atoms with E-state index in [1.165, 1.54) is 6.07 Å². The first-order valence-electron chi connectivity index (χ1n) is 13.7. The van der Waals surface area contributed by atoms with Crippen molar-refractivity contribution in [2.24, 2.45) is 5.73 Å². The van der Waals surface area contributed by atoms with Gasteiger partial charge in [-0.2, -0.15) is 0 Å². The minimum atomic E-state index is -0.863. The second-order valence-corrected chi connectivity index (χ2v) is 10.8. The number of aryl methyl sites for hydroxylation is 1. The predicted octanol–water partition coefficient (Wildman–Crippen LogP) is 6.89. The van der Waals surface area contributed by atoms with Crippen LogP contribution in [-0.2, 0) is 11.2 Å². The van der Waals surface area contributed by atoms with E-state index in [2.05, 4.69) is 6.07 Å². The minimum Gasteiger partial charge on any atom is -0.492 e. The molecule has 1 aliphatic heterocycles. The smallest absolute Gasteiger partial charge is 0.304 e. The first-order chi connectivity index (χ1) is 19.7. The maximum atomic E-state index is 15.3. The Balaban J connectivity index is 1.29. The summed E-state index contributed by atoms with van der Waals surface area (Å²) in [6, 6.07) is 20.5. The van der Waals surface area contributed by atoms with E-state index in [0.717, 1.165) is 44.5 Å². The van der Waals surface area contributed by atoms with Crippen molar-refractivity contribution in [3.8, 4) is 33.8 Å². The molecule has 7 heteroatoms. The second-order valence-electron chi connectivity index (χ2n) is 10.8. The van der Waals surface area contributed by atoms with Crippen LogP contribution in [0.1, 0.15) is 63.0 Å². The van der Waals surface area contributed by atoms with Crippen molar-refractivity contribution in [2.45, 2.75) is 45.1 Å². The summed E-state index contributed by atoms with van der Waals surface area (Å²) in [5, 5.41) is 9.16. The molecule has 0 saturated heterocycles. The molecule has 208 valence electrons. The number of aliphatic carboxylic acids is 1. The van der Waals surface area contributed by atoms with Crippen LogP contribution >= 0.6 is 0 Å². The number of hydrogen-bond acceptors (Lipinski definition) is 4. The zero-order valence-corrected chi connectivity index (χ0v) is 22.9. The van der Waals surface area contributed by atoms with E-state index in [1.54, 1.807) is 18.2 Å². The number of carbonyl (C=O) groups excluding carboxylic acids is 1. The third-order valence-corrected chi connectivity index (χ3v) is 8.27. The van der Waals surface area contributed by atoms with Crippen molar-refractivity contribution in [3.63, 3.8) is 0 Å². The molecule has 0 aromatic heterocycles. The largest absolute Gasteiger partial charge is 0.492 e. The summed E-state index contributed by atoms with van der Waals surface area (Å²) in [6.07, 6.45) is 0.879. The number of carbonyl (C=O) groups is 2. The number of primary amides is 1. The second kappa shape index (κ2) is 10.4. The zero-order valence-electron chi connectivity index (χ0n) is 22.9. The molecule has 1 amide bonds. The van der Waals surface area contributed by atoms with Crippen molar-refractivity contribution in [3.05, 3.63) is 106 Å². The first kappa shape index (κ1) is 26.6. The van der Waals surface area contributed by atoms with Crippen molar-refractivity contribution < 1.29 is 28.6 Å². The number of carboxylic acid groups (broad SMARTS) is 1. The summed E-state index contributed by atoms with van der Waals surface area (Å²) in [5.74, 6) is -0.609. The summed E-state index contributed by atoms with van der Waals surface area (Å²) in [4.78, 5) is 23.0. The predicted molar refractivity (Wildman–Crippen MR) is 154 cm³/mol. The van der Waals surface area contributed by atoms with Crippen LogP contribution in [0.2, 0.25) is 0 Å². The van der Waals surface area contributed by atoms with Gasteiger partial charge in [0.05, 0.1) is 13.0 Å². The topological polar surface area (TPSA) is 98.9 Å². The molecular weight excluding hydrogens is 521 g/mol. The molecule has 2 atom stereocenters. The van der Waals surface area contributed by atoms with Gasteiger partial charge in [0.1, 0.15) is 23.4 Å². The van der Waals surface area contributed by atoms with Gasteiger partial charge >= 0.3 is 5.97 Å². The fraction of sp³-hybridized carbons (Fsp3) is 0.235. The highest BCUT2D eigenvalue weighted by atomic mass is 19.1. The SMILES string of the molecule is Cc1cc(-c2cccc(C(N)=O)c2C)ccc1-c1ccc(F)c2c1CC[C@H]2Oc1ccc2c(c1)OC[C@H]2CC(=O)O. The molecule has 0 bridgehead atoms. The molecule has 0 fully saturated rings. The Morgan fingerprint density at radius 3 is 2.59 bits per heavy atom. The van der Waals surface area contributed by atoms with Gasteiger partial charge in [0.15, 0.2) is 0 Å². The van der Waals surface area contributed by atoms with Crippen LogP contribution in [0.4, 0.5) is 4.39 Å². The minimum absolute atomic E-state index is 0.0109. The lowest BCUT2D eigenvalue weighted by molar-refractivity contribution is -0.137. The highest BCUT2D eigenvalue weighted by molar-refractivity contribution is 5.96. The first-order valence-corrected chi connectivity index (χ1v) is 13.7. The standard InChI is InChI=1S/C34H30FNO5/c1-18-14-20(24-4-3-5-25(19(24)2)34(36)39)6-8-23(18)27-10-12-29(35)33-28(27)11-13-30(33)41-22-7-9-26-21(15-32(37)38)17-40-31(26)16-22/h3-10,12,14,16,21,30H,11,13,15,17H2,1-2H3,(H2,36,39)(H,37,38)/t21-,30-/m1/s1. The number of halogens is 1. The summed E-state index contributed by atoms with van der Waals surface area (Å²) >= 11 is 0. The Morgan fingerprint density at radius 2 is 1.83 bits per heavy atom. The molecule has 3 N–H and O–H groups in total. The molecule has 4 aromatic rings. The fourth-order valence-electron chi connectivity index (χ4n) is 6.27. The Hall–Kier alpha value is -4.65. The maximum absolute atomic E-state index is 15.3. The summed E-state index contributed by atoms with van der Waals surface area (Å²) in [7, 11) is 0. The van der Waals surface area contributed by atoms with Gasteiger partial charge in [-0.15, -0.1) is 0 Å². The normalized spacial score (nSPS) is 17.0. The number of hydrogen-bond donors (Lipinski definition) is 2. The van der Waals surface area contributed by atoms with E-state index in [-0.39, 0.29) is 18.2 Å². The van der Waals surface area contributed by atoms with Crippen LogP contribution in [0.3, 0.4) is 0 Å². The third kappa shape index (κ3) is 4.82. The lowest BCUT2D eigenvalue weighted by Gasteiger charge is -2.18. The van der Waals surface area contributed by atoms with E-state index in [9.17, 15) is 9.59 Å². The Morgan fingerprint density at radius 1 is 1.02 bits per heavy atom. The number of carboxylic acids is 1. The van der Waals surface area contributed by atoms with Crippen LogP contribution < -0.4 is 15.2 Å². The summed E-state index contributed by atoms with van der Waals surface area (Å²) < 4.78 is 27.3. The zero-order chi connectivity index (χ0) is 28.8. The lowest BCUT2D eigenvalue weighted by atomic mass is 9.89. The van der Waals surface area contributed by atoms with Crippen molar-refractivity contribution in [1.82, 2.24) is 0 Å². The molecule has 0 spiro atoms. The molecule has 2 aliphatic rings. The van der Waals surface area contributed by atoms with E-state index >= 15 is 4.39 Å². The van der Waals surface area contributed by atoms with Crippen molar-refractivity contribution >= 4 is 11.9 Å². The van der Waals surface area contributed by atoms with Gasteiger partial charge in [0.25, 0.3) is 0 Å². The Bertz CT molecular complexity index is 1710. The monoisotopic (exact) mass is 551 g/mol. The molecule has 1 aliphatic carbocycles. The summed E-state index contributed by atoms with van der Waals surface area (Å²) in [6.45, 7) is 4.25. The highest BCUT2D eigenvalue weighted by Gasteiger charge is 2.32. The molecule has 6 nitrogen and oxygen atoms in total.